The molecule has 0 aliphatic heterocycles. The highest BCUT2D eigenvalue weighted by Crippen LogP contribution is 2.31. The van der Waals surface area contributed by atoms with Crippen molar-refractivity contribution in [2.45, 2.75) is 31.1 Å². The summed E-state index contributed by atoms with van der Waals surface area (Å²) in [6, 6.07) is 31.4. The van der Waals surface area contributed by atoms with Crippen molar-refractivity contribution >= 4 is 16.0 Å². The minimum absolute atomic E-state index is 0.0229. The third-order valence-electron chi connectivity index (χ3n) is 5.63. The molecule has 35 heavy (non-hydrogen) atoms. The van der Waals surface area contributed by atoms with Crippen LogP contribution in [-0.2, 0) is 15.4 Å². The van der Waals surface area contributed by atoms with Crippen LogP contribution >= 0.6 is 0 Å². The zero-order chi connectivity index (χ0) is 25.2. The summed E-state index contributed by atoms with van der Waals surface area (Å²) in [6.07, 6.45) is 0. The highest BCUT2D eigenvalue weighted by Gasteiger charge is 2.31. The number of nitrogens with zero attached hydrogens (tertiary/aromatic N) is 2. The van der Waals surface area contributed by atoms with Gasteiger partial charge >= 0.3 is 0 Å². The Labute approximate surface area is 206 Å². The van der Waals surface area contributed by atoms with Crippen molar-refractivity contribution in [3.8, 4) is 28.1 Å². The lowest BCUT2D eigenvalue weighted by Gasteiger charge is -2.20. The average Bonchev–Trinajstić information content (AvgIpc) is 2.83. The molecule has 0 unspecified atom stereocenters. The van der Waals surface area contributed by atoms with E-state index in [1.807, 2.05) is 36.4 Å². The second-order valence-corrected chi connectivity index (χ2v) is 10.9. The molecule has 0 saturated carbocycles. The van der Waals surface area contributed by atoms with Crippen LogP contribution < -0.4 is 16.0 Å². The third-order valence-corrected chi connectivity index (χ3v) is 6.95. The van der Waals surface area contributed by atoms with Gasteiger partial charge in [-0.3, -0.25) is 0 Å². The van der Waals surface area contributed by atoms with Crippen molar-refractivity contribution in [1.29, 1.82) is 0 Å². The summed E-state index contributed by atoms with van der Waals surface area (Å²) in [7, 11) is -3.97. The van der Waals surface area contributed by atoms with E-state index in [4.69, 9.17) is 11.5 Å². The topological polar surface area (TPSA) is 102 Å². The van der Waals surface area contributed by atoms with Gasteiger partial charge in [-0.25, -0.2) is 0 Å². The van der Waals surface area contributed by atoms with Crippen LogP contribution in [-0.4, -0.2) is 14.4 Å². The predicted octanol–water partition coefficient (Wildman–Crippen LogP) is 4.56. The molecule has 1 heterocycles. The second-order valence-electron chi connectivity index (χ2n) is 9.32. The lowest BCUT2D eigenvalue weighted by molar-refractivity contribution is -0.596. The molecule has 4 aromatic rings. The Morgan fingerprint density at radius 2 is 1.29 bits per heavy atom. The summed E-state index contributed by atoms with van der Waals surface area (Å²) < 4.78 is 30.5. The monoisotopic (exact) mass is 485 g/mol. The van der Waals surface area contributed by atoms with Gasteiger partial charge in [0.25, 0.3) is 10.0 Å². The zero-order valence-electron chi connectivity index (χ0n) is 20.0. The number of hydrogen-bond acceptors (Lipinski definition) is 2. The van der Waals surface area contributed by atoms with E-state index in [0.29, 0.717) is 0 Å². The molecule has 1 aromatic heterocycles. The van der Waals surface area contributed by atoms with Crippen molar-refractivity contribution in [2.24, 2.45) is 15.9 Å². The Kier molecular flexibility index (Phi) is 6.45. The van der Waals surface area contributed by atoms with Gasteiger partial charge in [0, 0.05) is 35.2 Å². The summed E-state index contributed by atoms with van der Waals surface area (Å²) in [6.45, 7) is 6.50. The first-order valence-corrected chi connectivity index (χ1v) is 12.7. The molecular weight excluding hydrogens is 456 g/mol. The van der Waals surface area contributed by atoms with Crippen LogP contribution in [0.2, 0.25) is 0 Å². The average molecular weight is 486 g/mol. The zero-order valence-corrected chi connectivity index (χ0v) is 20.8. The Balaban J connectivity index is 2.00. The smallest absolute Gasteiger partial charge is 0.285 e. The van der Waals surface area contributed by atoms with Crippen molar-refractivity contribution in [2.75, 3.05) is 0 Å². The van der Waals surface area contributed by atoms with E-state index in [2.05, 4.69) is 66.1 Å². The van der Waals surface area contributed by atoms with Crippen LogP contribution in [0.1, 0.15) is 26.5 Å². The number of pyridine rings is 1. The number of aromatic nitrogens is 1. The van der Waals surface area contributed by atoms with E-state index in [1.54, 1.807) is 12.1 Å². The minimum Gasteiger partial charge on any atom is -0.369 e. The predicted molar refractivity (Wildman–Crippen MR) is 141 cm³/mol. The van der Waals surface area contributed by atoms with Crippen molar-refractivity contribution in [3.05, 3.63) is 103 Å². The molecule has 0 atom stereocenters. The van der Waals surface area contributed by atoms with Crippen molar-refractivity contribution < 1.29 is 13.0 Å². The van der Waals surface area contributed by atoms with Crippen LogP contribution in [0.5, 0.6) is 0 Å². The third kappa shape index (κ3) is 5.25. The summed E-state index contributed by atoms with van der Waals surface area (Å²) in [5, 5.41) is 0. The van der Waals surface area contributed by atoms with Gasteiger partial charge in [-0.05, 0) is 35.4 Å². The van der Waals surface area contributed by atoms with Gasteiger partial charge in [0.15, 0.2) is 5.69 Å². The Morgan fingerprint density at radius 1 is 0.743 bits per heavy atom. The Bertz CT molecular complexity index is 1470. The van der Waals surface area contributed by atoms with Gasteiger partial charge in [-0.1, -0.05) is 69.3 Å². The van der Waals surface area contributed by atoms with Crippen LogP contribution in [0.15, 0.2) is 106 Å². The molecule has 0 bridgehead atoms. The van der Waals surface area contributed by atoms with Crippen LogP contribution in [0, 0.1) is 0 Å². The normalized spacial score (nSPS) is 11.7. The first-order chi connectivity index (χ1) is 16.6. The number of hydrogen-bond donors (Lipinski definition) is 2. The standard InChI is InChI=1S/C28H29N4O2S/c1-28(2,3)26-19-22(20-10-6-4-7-11-20)18-25(21-12-8-5-9-13-21)32(26)23-14-16-24(17-15-23)35(33,34)31-27(29)30/h4-19H,1-3H3,(H4,29,30,31)/q+1. The fourth-order valence-corrected chi connectivity index (χ4v) is 4.87. The maximum absolute atomic E-state index is 12.5. The van der Waals surface area contributed by atoms with E-state index >= 15 is 0 Å². The van der Waals surface area contributed by atoms with Crippen molar-refractivity contribution in [1.82, 2.24) is 0 Å². The van der Waals surface area contributed by atoms with Gasteiger partial charge < -0.3 is 11.5 Å². The van der Waals surface area contributed by atoms with Gasteiger partial charge in [0.1, 0.15) is 0 Å². The number of sulfonamides is 1. The highest BCUT2D eigenvalue weighted by molar-refractivity contribution is 7.90. The van der Waals surface area contributed by atoms with Crippen molar-refractivity contribution in [3.63, 3.8) is 0 Å². The maximum Gasteiger partial charge on any atom is 0.285 e. The molecule has 3 aromatic carbocycles. The van der Waals surface area contributed by atoms with E-state index in [0.717, 1.165) is 33.8 Å². The van der Waals surface area contributed by atoms with E-state index in [9.17, 15) is 8.42 Å². The summed E-state index contributed by atoms with van der Waals surface area (Å²) in [5.74, 6) is -0.499. The number of guanidine groups is 1. The number of benzene rings is 3. The lowest BCUT2D eigenvalue weighted by atomic mass is 9.88. The first kappa shape index (κ1) is 24.2. The largest absolute Gasteiger partial charge is 0.369 e. The lowest BCUT2D eigenvalue weighted by Crippen LogP contribution is -2.43. The second kappa shape index (κ2) is 9.35. The Hall–Kier alpha value is -3.97. The van der Waals surface area contributed by atoms with Crippen LogP contribution in [0.4, 0.5) is 0 Å². The van der Waals surface area contributed by atoms with E-state index in [1.165, 1.54) is 12.1 Å². The SMILES string of the molecule is CC(C)(C)c1cc(-c2ccccc2)cc(-c2ccccc2)[n+]1-c1ccc(S(=O)(=O)N=C(N)N)cc1. The van der Waals surface area contributed by atoms with Gasteiger partial charge in [0.05, 0.1) is 4.90 Å². The van der Waals surface area contributed by atoms with Gasteiger partial charge in [-0.15, -0.1) is 4.40 Å². The van der Waals surface area contributed by atoms with E-state index in [-0.39, 0.29) is 10.3 Å². The van der Waals surface area contributed by atoms with Gasteiger partial charge in [-0.2, -0.15) is 13.0 Å². The summed E-state index contributed by atoms with van der Waals surface area (Å²) in [5.41, 5.74) is 16.6. The molecule has 4 rings (SSSR count). The van der Waals surface area contributed by atoms with Gasteiger partial charge in [0.2, 0.25) is 17.3 Å². The summed E-state index contributed by atoms with van der Waals surface area (Å²) >= 11 is 0. The highest BCUT2D eigenvalue weighted by atomic mass is 32.2. The molecule has 4 N–H and O–H groups in total. The maximum atomic E-state index is 12.5. The molecule has 178 valence electrons. The van der Waals surface area contributed by atoms with Crippen LogP contribution in [0.3, 0.4) is 0 Å². The van der Waals surface area contributed by atoms with Crippen LogP contribution in [0.25, 0.3) is 28.1 Å². The molecule has 7 heteroatoms. The quantitative estimate of drug-likeness (QED) is 0.246. The minimum atomic E-state index is -3.97. The fourth-order valence-electron chi connectivity index (χ4n) is 4.00. The number of rotatable bonds is 5. The molecule has 0 aliphatic rings. The molecule has 0 fully saturated rings. The molecule has 6 nitrogen and oxygen atoms in total. The number of nitrogens with two attached hydrogens (primary N) is 2. The molecular formula is C28H29N4O2S+. The van der Waals surface area contributed by atoms with E-state index < -0.39 is 16.0 Å². The Morgan fingerprint density at radius 3 is 1.80 bits per heavy atom. The fraction of sp³-hybridized carbons (Fsp3) is 0.143. The molecule has 0 aliphatic carbocycles. The molecule has 0 amide bonds. The molecule has 0 spiro atoms. The first-order valence-electron chi connectivity index (χ1n) is 11.2. The molecule has 0 saturated heterocycles. The molecule has 0 radical (unpaired) electrons. The summed E-state index contributed by atoms with van der Waals surface area (Å²) in [4.78, 5) is 0.0229.